The number of carbonyl (C=O) groups excluding carboxylic acids is 1. The maximum Gasteiger partial charge on any atom is 0.416 e. The first kappa shape index (κ1) is 20.7. The van der Waals surface area contributed by atoms with Crippen LogP contribution in [-0.2, 0) is 11.6 Å². The van der Waals surface area contributed by atoms with E-state index < -0.39 is 33.7 Å². The molecule has 0 heterocycles. The third-order valence-electron chi connectivity index (χ3n) is 4.06. The number of rotatable bonds is 5. The van der Waals surface area contributed by atoms with Gasteiger partial charge in [-0.25, -0.2) is 0 Å². The van der Waals surface area contributed by atoms with Crippen molar-refractivity contribution in [2.24, 2.45) is 0 Å². The average molecular weight is 401 g/mol. The summed E-state index contributed by atoms with van der Waals surface area (Å²) in [4.78, 5) is 22.7. The Bertz CT molecular complexity index is 882. The number of nitro groups is 1. The number of alkyl halides is 3. The zero-order chi connectivity index (χ0) is 20.4. The molecule has 1 amide bonds. The fourth-order valence-corrected chi connectivity index (χ4v) is 2.64. The summed E-state index contributed by atoms with van der Waals surface area (Å²) >= 11 is 5.80. The number of benzene rings is 2. The molecular formula is C18H16ClF3N2O3. The van der Waals surface area contributed by atoms with Gasteiger partial charge in [-0.1, -0.05) is 43.6 Å². The minimum absolute atomic E-state index is 0.0309. The monoisotopic (exact) mass is 400 g/mol. The second kappa shape index (κ2) is 7.56. The lowest BCUT2D eigenvalue weighted by Crippen LogP contribution is -2.37. The van der Waals surface area contributed by atoms with Crippen molar-refractivity contribution in [1.29, 1.82) is 0 Å². The molecule has 0 aliphatic carbocycles. The summed E-state index contributed by atoms with van der Waals surface area (Å²) in [6.07, 6.45) is -4.48. The minimum Gasteiger partial charge on any atom is -0.351 e. The van der Waals surface area contributed by atoms with Crippen LogP contribution in [0.4, 0.5) is 18.9 Å². The zero-order valence-corrected chi connectivity index (χ0v) is 15.2. The molecule has 9 heteroatoms. The predicted molar refractivity (Wildman–Crippen MR) is 94.9 cm³/mol. The van der Waals surface area contributed by atoms with Crippen molar-refractivity contribution in [2.75, 3.05) is 6.54 Å². The van der Waals surface area contributed by atoms with E-state index in [1.54, 1.807) is 13.8 Å². The predicted octanol–water partition coefficient (Wildman–Crippen LogP) is 4.97. The molecule has 0 aliphatic rings. The Kier molecular flexibility index (Phi) is 5.79. The van der Waals surface area contributed by atoms with Gasteiger partial charge in [-0.05, 0) is 23.8 Å². The van der Waals surface area contributed by atoms with Crippen molar-refractivity contribution in [3.05, 3.63) is 74.3 Å². The molecule has 0 radical (unpaired) electrons. The van der Waals surface area contributed by atoms with E-state index in [0.717, 1.165) is 18.2 Å². The van der Waals surface area contributed by atoms with Crippen LogP contribution in [-0.4, -0.2) is 17.4 Å². The summed E-state index contributed by atoms with van der Waals surface area (Å²) in [6.45, 7) is 3.29. The summed E-state index contributed by atoms with van der Waals surface area (Å²) < 4.78 is 38.7. The first-order valence-corrected chi connectivity index (χ1v) is 8.19. The lowest BCUT2D eigenvalue weighted by molar-refractivity contribution is -0.385. The summed E-state index contributed by atoms with van der Waals surface area (Å²) in [5, 5.41) is 13.8. The van der Waals surface area contributed by atoms with Crippen molar-refractivity contribution < 1.29 is 22.9 Å². The summed E-state index contributed by atoms with van der Waals surface area (Å²) in [5.74, 6) is -0.732. The highest BCUT2D eigenvalue weighted by molar-refractivity contribution is 6.31. The van der Waals surface area contributed by atoms with E-state index in [9.17, 15) is 28.1 Å². The van der Waals surface area contributed by atoms with Gasteiger partial charge in [0.15, 0.2) is 0 Å². The fraction of sp³-hybridized carbons (Fsp3) is 0.278. The molecule has 0 unspecified atom stereocenters. The lowest BCUT2D eigenvalue weighted by Gasteiger charge is -2.26. The second-order valence-electron chi connectivity index (χ2n) is 6.56. The van der Waals surface area contributed by atoms with E-state index in [1.807, 2.05) is 0 Å². The van der Waals surface area contributed by atoms with E-state index in [0.29, 0.717) is 5.56 Å². The van der Waals surface area contributed by atoms with Gasteiger partial charge in [0, 0.05) is 23.0 Å². The van der Waals surface area contributed by atoms with E-state index in [1.165, 1.54) is 24.3 Å². The fourth-order valence-electron chi connectivity index (χ4n) is 2.46. The molecule has 0 spiro atoms. The molecule has 0 fully saturated rings. The third kappa shape index (κ3) is 4.97. The van der Waals surface area contributed by atoms with Gasteiger partial charge in [-0.15, -0.1) is 0 Å². The first-order valence-electron chi connectivity index (χ1n) is 7.82. The van der Waals surface area contributed by atoms with E-state index in [2.05, 4.69) is 5.32 Å². The molecule has 2 aromatic carbocycles. The van der Waals surface area contributed by atoms with Crippen LogP contribution in [0.2, 0.25) is 5.02 Å². The number of nitrogens with one attached hydrogen (secondary N) is 1. The first-order chi connectivity index (χ1) is 12.4. The van der Waals surface area contributed by atoms with Crippen LogP contribution < -0.4 is 5.32 Å². The molecule has 0 saturated carbocycles. The van der Waals surface area contributed by atoms with Gasteiger partial charge in [-0.3, -0.25) is 14.9 Å². The number of hydrogen-bond acceptors (Lipinski definition) is 3. The number of nitrogens with zero attached hydrogens (tertiary/aromatic N) is 1. The molecule has 27 heavy (non-hydrogen) atoms. The molecule has 144 valence electrons. The van der Waals surface area contributed by atoms with Gasteiger partial charge in [0.1, 0.15) is 5.56 Å². The van der Waals surface area contributed by atoms with Crippen LogP contribution in [0.15, 0.2) is 42.5 Å². The van der Waals surface area contributed by atoms with Crippen molar-refractivity contribution in [2.45, 2.75) is 25.4 Å². The largest absolute Gasteiger partial charge is 0.416 e. The topological polar surface area (TPSA) is 72.2 Å². The lowest BCUT2D eigenvalue weighted by atomic mass is 9.83. The maximum atomic E-state index is 12.9. The number of halogens is 4. The Labute approximate surface area is 158 Å². The molecule has 0 atom stereocenters. The van der Waals surface area contributed by atoms with Crippen LogP contribution in [0.25, 0.3) is 0 Å². The van der Waals surface area contributed by atoms with E-state index in [4.69, 9.17) is 11.6 Å². The maximum absolute atomic E-state index is 12.9. The van der Waals surface area contributed by atoms with Gasteiger partial charge >= 0.3 is 6.18 Å². The Morgan fingerprint density at radius 3 is 2.37 bits per heavy atom. The normalized spacial score (nSPS) is 11.9. The average Bonchev–Trinajstić information content (AvgIpc) is 2.58. The van der Waals surface area contributed by atoms with Crippen molar-refractivity contribution in [1.82, 2.24) is 5.32 Å². The smallest absolute Gasteiger partial charge is 0.351 e. The Balaban J connectivity index is 2.22. The van der Waals surface area contributed by atoms with Gasteiger partial charge < -0.3 is 5.32 Å². The molecule has 5 nitrogen and oxygen atoms in total. The molecule has 1 N–H and O–H groups in total. The van der Waals surface area contributed by atoms with Gasteiger partial charge in [0.25, 0.3) is 11.6 Å². The van der Waals surface area contributed by atoms with Crippen LogP contribution in [0.5, 0.6) is 0 Å². The Morgan fingerprint density at radius 1 is 1.15 bits per heavy atom. The Morgan fingerprint density at radius 2 is 1.78 bits per heavy atom. The highest BCUT2D eigenvalue weighted by atomic mass is 35.5. The summed E-state index contributed by atoms with van der Waals surface area (Å²) in [5.41, 5.74) is -1.88. The molecule has 0 aliphatic heterocycles. The Hall–Kier alpha value is -2.61. The van der Waals surface area contributed by atoms with Gasteiger partial charge in [0.05, 0.1) is 10.5 Å². The van der Waals surface area contributed by atoms with Gasteiger partial charge in [-0.2, -0.15) is 13.2 Å². The van der Waals surface area contributed by atoms with Crippen LogP contribution in [0, 0.1) is 10.1 Å². The highest BCUT2D eigenvalue weighted by Gasteiger charge is 2.32. The summed E-state index contributed by atoms with van der Waals surface area (Å²) in [6, 6.07) is 8.40. The van der Waals surface area contributed by atoms with E-state index in [-0.39, 0.29) is 17.1 Å². The van der Waals surface area contributed by atoms with Crippen molar-refractivity contribution >= 4 is 23.2 Å². The molecule has 0 aromatic heterocycles. The van der Waals surface area contributed by atoms with Crippen LogP contribution in [0.3, 0.4) is 0 Å². The third-order valence-corrected chi connectivity index (χ3v) is 4.30. The SMILES string of the molecule is CC(C)(CNC(=O)c1cc(Cl)ccc1[N+](=O)[O-])c1cccc(C(F)(F)F)c1. The van der Waals surface area contributed by atoms with Crippen molar-refractivity contribution in [3.63, 3.8) is 0 Å². The second-order valence-corrected chi connectivity index (χ2v) is 7.00. The number of carbonyl (C=O) groups is 1. The molecular weight excluding hydrogens is 385 g/mol. The van der Waals surface area contributed by atoms with Crippen LogP contribution >= 0.6 is 11.6 Å². The van der Waals surface area contributed by atoms with E-state index >= 15 is 0 Å². The standard InChI is InChI=1S/C18H16ClF3N2O3/c1-17(2,11-4-3-5-12(8-11)18(20,21)22)10-23-16(25)14-9-13(19)6-7-15(14)24(26)27/h3-9H,10H2,1-2H3,(H,23,25). The molecule has 0 bridgehead atoms. The van der Waals surface area contributed by atoms with Gasteiger partial charge in [0.2, 0.25) is 0 Å². The summed E-state index contributed by atoms with van der Waals surface area (Å²) in [7, 11) is 0. The quantitative estimate of drug-likeness (QED) is 0.568. The molecule has 0 saturated heterocycles. The highest BCUT2D eigenvalue weighted by Crippen LogP contribution is 2.32. The molecule has 2 rings (SSSR count). The number of nitro benzene ring substituents is 1. The number of hydrogen-bond donors (Lipinski definition) is 1. The zero-order valence-electron chi connectivity index (χ0n) is 14.4. The minimum atomic E-state index is -4.48. The van der Waals surface area contributed by atoms with Crippen molar-refractivity contribution in [3.8, 4) is 0 Å². The number of amides is 1. The molecule has 2 aromatic rings. The van der Waals surface area contributed by atoms with Crippen LogP contribution in [0.1, 0.15) is 35.3 Å².